The lowest BCUT2D eigenvalue weighted by Gasteiger charge is -2.08. The second-order valence-electron chi connectivity index (χ2n) is 5.03. The third kappa shape index (κ3) is 5.18. The van der Waals surface area contributed by atoms with E-state index in [1.54, 1.807) is 0 Å². The number of nitrogens with one attached hydrogen (secondary N) is 2. The van der Waals surface area contributed by atoms with Crippen LogP contribution in [-0.4, -0.2) is 17.4 Å². The molecule has 0 radical (unpaired) electrons. The van der Waals surface area contributed by atoms with E-state index in [1.165, 1.54) is 23.5 Å². The Balaban J connectivity index is 1.81. The first-order valence-electron chi connectivity index (χ1n) is 6.87. The van der Waals surface area contributed by atoms with Crippen molar-refractivity contribution in [1.82, 2.24) is 10.3 Å². The van der Waals surface area contributed by atoms with E-state index in [-0.39, 0.29) is 12.3 Å². The molecular weight excluding hydrogens is 345 g/mol. The fraction of sp³-hybridized carbons (Fsp3) is 0.333. The van der Waals surface area contributed by atoms with Gasteiger partial charge in [0.25, 0.3) is 0 Å². The normalized spacial score (nSPS) is 11.5. The number of carbonyl (C=O) groups excluding carboxylic acids is 1. The summed E-state index contributed by atoms with van der Waals surface area (Å²) in [5.41, 5.74) is 0.957. The average molecular weight is 360 g/mol. The van der Waals surface area contributed by atoms with E-state index in [4.69, 9.17) is 12.2 Å². The fourth-order valence-electron chi connectivity index (χ4n) is 2.02. The molecule has 124 valence electrons. The van der Waals surface area contributed by atoms with Gasteiger partial charge in [-0.05, 0) is 43.3 Å². The molecule has 2 rings (SSSR count). The Labute approximate surface area is 140 Å². The molecule has 0 saturated heterocycles. The van der Waals surface area contributed by atoms with E-state index in [0.717, 1.165) is 28.3 Å². The highest BCUT2D eigenvalue weighted by atomic mass is 32.1. The van der Waals surface area contributed by atoms with Crippen LogP contribution in [0.5, 0.6) is 0 Å². The number of aromatic amines is 1. The van der Waals surface area contributed by atoms with E-state index in [1.807, 2.05) is 6.92 Å². The predicted octanol–water partition coefficient (Wildman–Crippen LogP) is 4.03. The number of rotatable bonds is 5. The molecule has 2 aromatic rings. The molecule has 23 heavy (non-hydrogen) atoms. The van der Waals surface area contributed by atoms with Gasteiger partial charge in [-0.25, -0.2) is 0 Å². The Morgan fingerprint density at radius 1 is 1.30 bits per heavy atom. The lowest BCUT2D eigenvalue weighted by molar-refractivity contribution is -0.137. The molecule has 0 aliphatic rings. The maximum Gasteiger partial charge on any atom is 0.416 e. The highest BCUT2D eigenvalue weighted by Gasteiger charge is 2.29. The molecule has 0 atom stereocenters. The van der Waals surface area contributed by atoms with Crippen molar-refractivity contribution in [2.75, 3.05) is 6.54 Å². The number of hydrogen-bond donors (Lipinski definition) is 2. The van der Waals surface area contributed by atoms with Gasteiger partial charge in [0.2, 0.25) is 5.91 Å². The topological polar surface area (TPSA) is 44.9 Å². The van der Waals surface area contributed by atoms with Gasteiger partial charge in [-0.2, -0.15) is 13.2 Å². The smallest absolute Gasteiger partial charge is 0.355 e. The van der Waals surface area contributed by atoms with Gasteiger partial charge in [0.15, 0.2) is 3.95 Å². The predicted molar refractivity (Wildman–Crippen MR) is 86.1 cm³/mol. The molecule has 1 aromatic heterocycles. The Hall–Kier alpha value is -1.67. The van der Waals surface area contributed by atoms with Gasteiger partial charge in [-0.15, -0.1) is 11.3 Å². The van der Waals surface area contributed by atoms with Crippen molar-refractivity contribution in [2.24, 2.45) is 0 Å². The van der Waals surface area contributed by atoms with Crippen LogP contribution in [-0.2, 0) is 23.8 Å². The van der Waals surface area contributed by atoms with Crippen LogP contribution < -0.4 is 5.32 Å². The van der Waals surface area contributed by atoms with Crippen molar-refractivity contribution in [2.45, 2.75) is 25.9 Å². The van der Waals surface area contributed by atoms with Gasteiger partial charge >= 0.3 is 6.18 Å². The highest BCUT2D eigenvalue weighted by Crippen LogP contribution is 2.29. The van der Waals surface area contributed by atoms with Crippen molar-refractivity contribution < 1.29 is 18.0 Å². The number of alkyl halides is 3. The van der Waals surface area contributed by atoms with E-state index in [9.17, 15) is 18.0 Å². The molecule has 8 heteroatoms. The van der Waals surface area contributed by atoms with Crippen molar-refractivity contribution in [3.63, 3.8) is 0 Å². The van der Waals surface area contributed by atoms with Crippen LogP contribution in [0.1, 0.15) is 21.7 Å². The van der Waals surface area contributed by atoms with Crippen LogP contribution in [0.25, 0.3) is 0 Å². The number of H-pyrrole nitrogens is 1. The summed E-state index contributed by atoms with van der Waals surface area (Å²) in [5, 5.41) is 2.76. The first-order chi connectivity index (χ1) is 10.8. The fourth-order valence-corrected chi connectivity index (χ4v) is 3.31. The standard InChI is InChI=1S/C15H15F3N2OS2/c1-9-12(23-14(22)20-9)8-13(21)19-7-6-10-2-4-11(5-3-10)15(16,17)18/h2-5H,6-8H2,1H3,(H,19,21)(H,20,22). The Bertz CT molecular complexity index is 732. The maximum atomic E-state index is 12.5. The number of aromatic nitrogens is 1. The molecule has 1 aromatic carbocycles. The van der Waals surface area contributed by atoms with Gasteiger partial charge in [-0.3, -0.25) is 4.79 Å². The van der Waals surface area contributed by atoms with Crippen molar-refractivity contribution in [3.05, 3.63) is 49.9 Å². The molecule has 0 aliphatic heterocycles. The highest BCUT2D eigenvalue weighted by molar-refractivity contribution is 7.73. The van der Waals surface area contributed by atoms with Gasteiger partial charge in [0.1, 0.15) is 0 Å². The van der Waals surface area contributed by atoms with Crippen LogP contribution in [0.4, 0.5) is 13.2 Å². The number of halogens is 3. The summed E-state index contributed by atoms with van der Waals surface area (Å²) in [7, 11) is 0. The Morgan fingerprint density at radius 2 is 1.96 bits per heavy atom. The van der Waals surface area contributed by atoms with Crippen LogP contribution in [0.2, 0.25) is 0 Å². The average Bonchev–Trinajstić information content (AvgIpc) is 2.76. The summed E-state index contributed by atoms with van der Waals surface area (Å²) in [5.74, 6) is -0.134. The van der Waals surface area contributed by atoms with E-state index in [0.29, 0.717) is 16.9 Å². The second kappa shape index (κ2) is 7.27. The minimum absolute atomic E-state index is 0.134. The SMILES string of the molecule is Cc1[nH]c(=S)sc1CC(=O)NCCc1ccc(C(F)(F)F)cc1. The molecule has 2 N–H and O–H groups in total. The molecule has 0 fully saturated rings. The van der Waals surface area contributed by atoms with Crippen LogP contribution in [0.3, 0.4) is 0 Å². The lowest BCUT2D eigenvalue weighted by atomic mass is 10.1. The zero-order valence-corrected chi connectivity index (χ0v) is 13.9. The van der Waals surface area contributed by atoms with Gasteiger partial charge in [0, 0.05) is 17.1 Å². The minimum atomic E-state index is -4.33. The molecule has 1 amide bonds. The first kappa shape index (κ1) is 17.7. The summed E-state index contributed by atoms with van der Waals surface area (Å²) in [6, 6.07) is 4.95. The Kier molecular flexibility index (Phi) is 5.59. The van der Waals surface area contributed by atoms with E-state index >= 15 is 0 Å². The summed E-state index contributed by atoms with van der Waals surface area (Å²) in [4.78, 5) is 15.7. The lowest BCUT2D eigenvalue weighted by Crippen LogP contribution is -2.27. The van der Waals surface area contributed by atoms with Crippen molar-refractivity contribution in [1.29, 1.82) is 0 Å². The molecule has 0 unspecified atom stereocenters. The number of amides is 1. The number of benzene rings is 1. The first-order valence-corrected chi connectivity index (χ1v) is 8.09. The van der Waals surface area contributed by atoms with Gasteiger partial charge < -0.3 is 10.3 Å². The Morgan fingerprint density at radius 3 is 2.48 bits per heavy atom. The summed E-state index contributed by atoms with van der Waals surface area (Å²) >= 11 is 6.38. The monoisotopic (exact) mass is 360 g/mol. The molecule has 1 heterocycles. The molecule has 0 bridgehead atoms. The summed E-state index contributed by atoms with van der Waals surface area (Å²) in [6.45, 7) is 2.23. The zero-order chi connectivity index (χ0) is 17.0. The number of thiazole rings is 1. The maximum absolute atomic E-state index is 12.5. The zero-order valence-electron chi connectivity index (χ0n) is 12.3. The molecule has 0 saturated carbocycles. The quantitative estimate of drug-likeness (QED) is 0.791. The molecule has 0 aliphatic carbocycles. The number of hydrogen-bond acceptors (Lipinski definition) is 3. The van der Waals surface area contributed by atoms with E-state index in [2.05, 4.69) is 10.3 Å². The van der Waals surface area contributed by atoms with Gasteiger partial charge in [0.05, 0.1) is 12.0 Å². The number of carbonyl (C=O) groups is 1. The summed E-state index contributed by atoms with van der Waals surface area (Å²) in [6.07, 6.45) is -3.60. The van der Waals surface area contributed by atoms with Crippen LogP contribution >= 0.6 is 23.6 Å². The van der Waals surface area contributed by atoms with Crippen molar-refractivity contribution >= 4 is 29.5 Å². The van der Waals surface area contributed by atoms with Crippen LogP contribution in [0, 0.1) is 10.9 Å². The number of aryl methyl sites for hydroxylation is 1. The second-order valence-corrected chi connectivity index (χ2v) is 6.81. The molecule has 3 nitrogen and oxygen atoms in total. The largest absolute Gasteiger partial charge is 0.416 e. The van der Waals surface area contributed by atoms with E-state index < -0.39 is 11.7 Å². The minimum Gasteiger partial charge on any atom is -0.355 e. The summed E-state index contributed by atoms with van der Waals surface area (Å²) < 4.78 is 38.0. The molecule has 0 spiro atoms. The third-order valence-electron chi connectivity index (χ3n) is 3.26. The van der Waals surface area contributed by atoms with Gasteiger partial charge in [-0.1, -0.05) is 12.1 Å². The third-order valence-corrected chi connectivity index (χ3v) is 4.60. The van der Waals surface area contributed by atoms with Crippen LogP contribution in [0.15, 0.2) is 24.3 Å². The molecular formula is C15H15F3N2OS2. The van der Waals surface area contributed by atoms with Crippen molar-refractivity contribution in [3.8, 4) is 0 Å².